The second kappa shape index (κ2) is 5.37. The zero-order chi connectivity index (χ0) is 14.0. The van der Waals surface area contributed by atoms with Crippen LogP contribution >= 0.6 is 22.7 Å². The lowest BCUT2D eigenvalue weighted by Crippen LogP contribution is -2.20. The Morgan fingerprint density at radius 2 is 2.05 bits per heavy atom. The topological polar surface area (TPSA) is 91.3 Å². The third kappa shape index (κ3) is 2.91. The molecule has 0 aliphatic heterocycles. The van der Waals surface area contributed by atoms with Crippen molar-refractivity contribution < 1.29 is 14.7 Å². The highest BCUT2D eigenvalue weighted by molar-refractivity contribution is 7.17. The second-order valence-corrected chi connectivity index (χ2v) is 5.83. The lowest BCUT2D eigenvalue weighted by Gasteiger charge is -2.04. The number of aromatic nitrogens is 1. The molecule has 2 aromatic heterocycles. The van der Waals surface area contributed by atoms with Crippen molar-refractivity contribution in [2.75, 3.05) is 10.6 Å². The van der Waals surface area contributed by atoms with Gasteiger partial charge in [0.25, 0.3) is 0 Å². The van der Waals surface area contributed by atoms with Crippen LogP contribution in [0.3, 0.4) is 0 Å². The summed E-state index contributed by atoms with van der Waals surface area (Å²) in [4.78, 5) is 27.7. The van der Waals surface area contributed by atoms with Gasteiger partial charge in [0.05, 0.1) is 5.56 Å². The predicted molar refractivity (Wildman–Crippen MR) is 75.5 cm³/mol. The van der Waals surface area contributed by atoms with Crippen LogP contribution in [0.5, 0.6) is 0 Å². The van der Waals surface area contributed by atoms with Crippen molar-refractivity contribution in [1.82, 2.24) is 4.98 Å². The van der Waals surface area contributed by atoms with Crippen LogP contribution in [0.25, 0.3) is 0 Å². The van der Waals surface area contributed by atoms with Crippen molar-refractivity contribution in [3.05, 3.63) is 27.6 Å². The Kier molecular flexibility index (Phi) is 3.82. The minimum Gasteiger partial charge on any atom is -0.478 e. The van der Waals surface area contributed by atoms with Crippen LogP contribution in [0.2, 0.25) is 0 Å². The van der Waals surface area contributed by atoms with Gasteiger partial charge >= 0.3 is 12.0 Å². The number of carboxylic acids is 1. The number of anilines is 2. The van der Waals surface area contributed by atoms with E-state index < -0.39 is 12.0 Å². The highest BCUT2D eigenvalue weighted by atomic mass is 32.1. The molecule has 100 valence electrons. The van der Waals surface area contributed by atoms with Crippen molar-refractivity contribution in [2.24, 2.45) is 0 Å². The number of carbonyl (C=O) groups is 2. The standard InChI is InChI=1S/C11H11N3O3S2/c1-5-6(2)19-8(7(5)9(15)16)13-10(17)14-11-12-3-4-18-11/h3-4H,1-2H3,(H,15,16)(H2,12,13,14,17). The summed E-state index contributed by atoms with van der Waals surface area (Å²) < 4.78 is 0. The fourth-order valence-electron chi connectivity index (χ4n) is 1.49. The van der Waals surface area contributed by atoms with Gasteiger partial charge < -0.3 is 5.11 Å². The number of thiophene rings is 1. The van der Waals surface area contributed by atoms with E-state index in [1.807, 2.05) is 6.92 Å². The first-order valence-corrected chi connectivity index (χ1v) is 6.99. The van der Waals surface area contributed by atoms with E-state index in [9.17, 15) is 9.59 Å². The molecular formula is C11H11N3O3S2. The van der Waals surface area contributed by atoms with Crippen molar-refractivity contribution in [1.29, 1.82) is 0 Å². The summed E-state index contributed by atoms with van der Waals surface area (Å²) in [5, 5.41) is 16.8. The molecule has 0 spiro atoms. The van der Waals surface area contributed by atoms with Crippen molar-refractivity contribution in [3.63, 3.8) is 0 Å². The van der Waals surface area contributed by atoms with Gasteiger partial charge in [-0.25, -0.2) is 14.6 Å². The SMILES string of the molecule is Cc1sc(NC(=O)Nc2nccs2)c(C(=O)O)c1C. The molecule has 2 heterocycles. The summed E-state index contributed by atoms with van der Waals surface area (Å²) >= 11 is 2.53. The number of rotatable bonds is 3. The van der Waals surface area contributed by atoms with E-state index in [2.05, 4.69) is 15.6 Å². The molecule has 0 atom stereocenters. The Morgan fingerprint density at radius 3 is 2.63 bits per heavy atom. The summed E-state index contributed by atoms with van der Waals surface area (Å²) in [6, 6.07) is -0.501. The van der Waals surface area contributed by atoms with Crippen LogP contribution < -0.4 is 10.6 Å². The zero-order valence-corrected chi connectivity index (χ0v) is 11.8. The summed E-state index contributed by atoms with van der Waals surface area (Å²) in [6.07, 6.45) is 1.57. The molecule has 0 aliphatic carbocycles. The third-order valence-corrected chi connectivity index (χ3v) is 4.29. The largest absolute Gasteiger partial charge is 0.478 e. The summed E-state index contributed by atoms with van der Waals surface area (Å²) in [7, 11) is 0. The molecule has 0 saturated heterocycles. The molecule has 8 heteroatoms. The normalized spacial score (nSPS) is 10.2. The number of aryl methyl sites for hydroxylation is 1. The molecule has 0 radical (unpaired) electrons. The van der Waals surface area contributed by atoms with Gasteiger partial charge in [-0.1, -0.05) is 0 Å². The van der Waals surface area contributed by atoms with E-state index in [0.29, 0.717) is 15.7 Å². The first-order valence-electron chi connectivity index (χ1n) is 5.30. The lowest BCUT2D eigenvalue weighted by molar-refractivity contribution is 0.0697. The average Bonchev–Trinajstić information content (AvgIpc) is 2.88. The van der Waals surface area contributed by atoms with E-state index in [-0.39, 0.29) is 5.56 Å². The zero-order valence-electron chi connectivity index (χ0n) is 10.2. The van der Waals surface area contributed by atoms with Gasteiger partial charge in [-0.3, -0.25) is 10.6 Å². The van der Waals surface area contributed by atoms with E-state index in [1.54, 1.807) is 18.5 Å². The maximum atomic E-state index is 11.7. The van der Waals surface area contributed by atoms with E-state index >= 15 is 0 Å². The number of hydrogen-bond acceptors (Lipinski definition) is 5. The van der Waals surface area contributed by atoms with Crippen molar-refractivity contribution in [3.8, 4) is 0 Å². The number of hydrogen-bond donors (Lipinski definition) is 3. The molecule has 19 heavy (non-hydrogen) atoms. The summed E-state index contributed by atoms with van der Waals surface area (Å²) in [6.45, 7) is 3.54. The number of nitrogens with one attached hydrogen (secondary N) is 2. The fraction of sp³-hybridized carbons (Fsp3) is 0.182. The molecule has 2 aromatic rings. The Balaban J connectivity index is 2.17. The quantitative estimate of drug-likeness (QED) is 0.811. The smallest absolute Gasteiger partial charge is 0.338 e. The summed E-state index contributed by atoms with van der Waals surface area (Å²) in [5.41, 5.74) is 0.804. The van der Waals surface area contributed by atoms with Gasteiger partial charge in [0.2, 0.25) is 0 Å². The minimum absolute atomic E-state index is 0.136. The van der Waals surface area contributed by atoms with Crippen molar-refractivity contribution >= 4 is 44.8 Å². The third-order valence-electron chi connectivity index (χ3n) is 2.48. The van der Waals surface area contributed by atoms with Crippen LogP contribution in [0.1, 0.15) is 20.8 Å². The number of carboxylic acid groups (broad SMARTS) is 1. The molecule has 3 N–H and O–H groups in total. The molecular weight excluding hydrogens is 286 g/mol. The monoisotopic (exact) mass is 297 g/mol. The molecule has 0 bridgehead atoms. The molecule has 2 rings (SSSR count). The van der Waals surface area contributed by atoms with Gasteiger partial charge in [-0.15, -0.1) is 22.7 Å². The first kappa shape index (κ1) is 13.5. The number of amides is 2. The second-order valence-electron chi connectivity index (χ2n) is 3.71. The highest BCUT2D eigenvalue weighted by Crippen LogP contribution is 2.32. The highest BCUT2D eigenvalue weighted by Gasteiger charge is 2.20. The van der Waals surface area contributed by atoms with Crippen molar-refractivity contribution in [2.45, 2.75) is 13.8 Å². The predicted octanol–water partition coefficient (Wildman–Crippen LogP) is 3.16. The van der Waals surface area contributed by atoms with Crippen LogP contribution in [-0.4, -0.2) is 22.1 Å². The van der Waals surface area contributed by atoms with Crippen LogP contribution in [0.15, 0.2) is 11.6 Å². The number of carbonyl (C=O) groups excluding carboxylic acids is 1. The maximum absolute atomic E-state index is 11.7. The van der Waals surface area contributed by atoms with E-state index in [1.165, 1.54) is 22.7 Å². The van der Waals surface area contributed by atoms with Crippen LogP contribution in [-0.2, 0) is 0 Å². The molecule has 2 amide bonds. The molecule has 0 fully saturated rings. The number of aromatic carboxylic acids is 1. The van der Waals surface area contributed by atoms with Crippen LogP contribution in [0, 0.1) is 13.8 Å². The van der Waals surface area contributed by atoms with E-state index in [0.717, 1.165) is 4.88 Å². The average molecular weight is 297 g/mol. The lowest BCUT2D eigenvalue weighted by atomic mass is 10.1. The molecule has 0 aliphatic rings. The number of nitrogens with zero attached hydrogens (tertiary/aromatic N) is 1. The Bertz CT molecular complexity index is 619. The Hall–Kier alpha value is -1.93. The van der Waals surface area contributed by atoms with Gasteiger partial charge in [0, 0.05) is 16.5 Å². The molecule has 0 saturated carbocycles. The van der Waals surface area contributed by atoms with Gasteiger partial charge in [0.15, 0.2) is 5.13 Å². The maximum Gasteiger partial charge on any atom is 0.338 e. The molecule has 0 aromatic carbocycles. The Labute approximate surface area is 117 Å². The molecule has 0 unspecified atom stereocenters. The number of urea groups is 1. The van der Waals surface area contributed by atoms with E-state index in [4.69, 9.17) is 5.11 Å². The van der Waals surface area contributed by atoms with Gasteiger partial charge in [-0.05, 0) is 19.4 Å². The minimum atomic E-state index is -1.05. The first-order chi connectivity index (χ1) is 8.99. The fourth-order valence-corrected chi connectivity index (χ4v) is 3.06. The summed E-state index contributed by atoms with van der Waals surface area (Å²) in [5.74, 6) is -1.05. The Morgan fingerprint density at radius 1 is 1.32 bits per heavy atom. The van der Waals surface area contributed by atoms with Gasteiger partial charge in [-0.2, -0.15) is 0 Å². The number of thiazole rings is 1. The molecule has 6 nitrogen and oxygen atoms in total. The van der Waals surface area contributed by atoms with Crippen LogP contribution in [0.4, 0.5) is 14.9 Å². The van der Waals surface area contributed by atoms with Gasteiger partial charge in [0.1, 0.15) is 5.00 Å².